The van der Waals surface area contributed by atoms with E-state index in [1.54, 1.807) is 6.20 Å². The molecule has 0 bridgehead atoms. The molecule has 0 aromatic carbocycles. The zero-order chi connectivity index (χ0) is 17.1. The van der Waals surface area contributed by atoms with Crippen LogP contribution in [0.15, 0.2) is 24.4 Å². The van der Waals surface area contributed by atoms with Crippen LogP contribution in [-0.2, 0) is 11.2 Å². The fourth-order valence-corrected chi connectivity index (χ4v) is 2.93. The molecule has 0 N–H and O–H groups in total. The summed E-state index contributed by atoms with van der Waals surface area (Å²) in [5, 5.41) is 0. The van der Waals surface area contributed by atoms with E-state index in [2.05, 4.69) is 19.9 Å². The number of pyridine rings is 1. The van der Waals surface area contributed by atoms with Gasteiger partial charge in [0.2, 0.25) is 5.91 Å². The molecule has 1 saturated heterocycles. The number of piperazine rings is 1. The topological polar surface area (TPSA) is 62.2 Å². The van der Waals surface area contributed by atoms with Crippen molar-refractivity contribution >= 4 is 11.7 Å². The molecule has 0 saturated carbocycles. The molecule has 1 aliphatic heterocycles. The van der Waals surface area contributed by atoms with Crippen LogP contribution in [0.5, 0.6) is 0 Å². The maximum atomic E-state index is 12.5. The zero-order valence-electron chi connectivity index (χ0n) is 14.5. The van der Waals surface area contributed by atoms with Gasteiger partial charge in [-0.05, 0) is 32.4 Å². The van der Waals surface area contributed by atoms with Crippen molar-refractivity contribution < 1.29 is 4.79 Å². The Balaban J connectivity index is 1.58. The van der Waals surface area contributed by atoms with Gasteiger partial charge in [-0.2, -0.15) is 0 Å². The third-order valence-corrected chi connectivity index (χ3v) is 4.24. The van der Waals surface area contributed by atoms with E-state index in [0.717, 1.165) is 54.8 Å². The molecule has 0 aliphatic carbocycles. The number of aromatic nitrogens is 3. The number of carbonyl (C=O) groups excluding carboxylic acids is 1. The molecule has 2 aromatic rings. The molecule has 0 radical (unpaired) electrons. The van der Waals surface area contributed by atoms with Gasteiger partial charge in [-0.3, -0.25) is 9.78 Å². The van der Waals surface area contributed by atoms with Crippen molar-refractivity contribution in [2.45, 2.75) is 27.2 Å². The Labute approximate surface area is 142 Å². The summed E-state index contributed by atoms with van der Waals surface area (Å²) in [6, 6.07) is 5.92. The first-order chi connectivity index (χ1) is 11.5. The minimum absolute atomic E-state index is 0.162. The minimum Gasteiger partial charge on any atom is -0.353 e. The highest BCUT2D eigenvalue weighted by atomic mass is 16.2. The maximum absolute atomic E-state index is 12.5. The van der Waals surface area contributed by atoms with E-state index >= 15 is 0 Å². The second kappa shape index (κ2) is 6.95. The van der Waals surface area contributed by atoms with E-state index in [4.69, 9.17) is 0 Å². The lowest BCUT2D eigenvalue weighted by Gasteiger charge is -2.35. The highest BCUT2D eigenvalue weighted by Gasteiger charge is 2.22. The maximum Gasteiger partial charge on any atom is 0.227 e. The third kappa shape index (κ3) is 3.88. The van der Waals surface area contributed by atoms with Crippen LogP contribution in [0.4, 0.5) is 5.82 Å². The van der Waals surface area contributed by atoms with Crippen molar-refractivity contribution in [1.29, 1.82) is 0 Å². The van der Waals surface area contributed by atoms with E-state index in [1.807, 2.05) is 43.9 Å². The lowest BCUT2D eigenvalue weighted by atomic mass is 10.1. The Bertz CT molecular complexity index is 700. The summed E-state index contributed by atoms with van der Waals surface area (Å²) in [4.78, 5) is 29.7. The number of nitrogens with zero attached hydrogens (tertiary/aromatic N) is 5. The standard InChI is InChI=1S/C18H23N5O/c1-13-4-5-16(12-19-13)11-18(24)23-8-6-22(7-9-23)17-10-14(2)20-15(3)21-17/h4-5,10,12H,6-9,11H2,1-3H3. The first-order valence-electron chi connectivity index (χ1n) is 8.28. The van der Waals surface area contributed by atoms with E-state index in [-0.39, 0.29) is 5.91 Å². The first-order valence-corrected chi connectivity index (χ1v) is 8.28. The van der Waals surface area contributed by atoms with Crippen molar-refractivity contribution in [2.75, 3.05) is 31.1 Å². The molecule has 24 heavy (non-hydrogen) atoms. The van der Waals surface area contributed by atoms with Crippen molar-refractivity contribution in [3.8, 4) is 0 Å². The molecular formula is C18H23N5O. The van der Waals surface area contributed by atoms with Crippen LogP contribution >= 0.6 is 0 Å². The SMILES string of the molecule is Cc1ccc(CC(=O)N2CCN(c3cc(C)nc(C)n3)CC2)cn1. The van der Waals surface area contributed by atoms with Gasteiger partial charge < -0.3 is 9.80 Å². The van der Waals surface area contributed by atoms with Crippen LogP contribution in [0.25, 0.3) is 0 Å². The fourth-order valence-electron chi connectivity index (χ4n) is 2.93. The highest BCUT2D eigenvalue weighted by molar-refractivity contribution is 5.79. The minimum atomic E-state index is 0.162. The largest absolute Gasteiger partial charge is 0.353 e. The molecule has 6 nitrogen and oxygen atoms in total. The second-order valence-electron chi connectivity index (χ2n) is 6.27. The van der Waals surface area contributed by atoms with Crippen molar-refractivity contribution in [1.82, 2.24) is 19.9 Å². The van der Waals surface area contributed by atoms with Gasteiger partial charge in [-0.1, -0.05) is 6.07 Å². The molecule has 126 valence electrons. The lowest BCUT2D eigenvalue weighted by molar-refractivity contribution is -0.130. The number of rotatable bonds is 3. The Morgan fingerprint density at radius 3 is 2.42 bits per heavy atom. The molecule has 1 fully saturated rings. The lowest BCUT2D eigenvalue weighted by Crippen LogP contribution is -2.49. The fraction of sp³-hybridized carbons (Fsp3) is 0.444. The molecule has 1 amide bonds. The molecule has 3 rings (SSSR count). The Hall–Kier alpha value is -2.50. The molecule has 1 aliphatic rings. The Morgan fingerprint density at radius 2 is 1.79 bits per heavy atom. The van der Waals surface area contributed by atoms with E-state index in [0.29, 0.717) is 6.42 Å². The third-order valence-electron chi connectivity index (χ3n) is 4.24. The summed E-state index contributed by atoms with van der Waals surface area (Å²) in [5.74, 6) is 1.90. The molecular weight excluding hydrogens is 302 g/mol. The summed E-state index contributed by atoms with van der Waals surface area (Å²) in [5.41, 5.74) is 2.91. The van der Waals surface area contributed by atoms with Crippen molar-refractivity contribution in [2.24, 2.45) is 0 Å². The summed E-state index contributed by atoms with van der Waals surface area (Å²) in [6.45, 7) is 8.88. The molecule has 0 unspecified atom stereocenters. The van der Waals surface area contributed by atoms with Gasteiger partial charge in [0, 0.05) is 49.8 Å². The summed E-state index contributed by atoms with van der Waals surface area (Å²) >= 11 is 0. The molecule has 0 spiro atoms. The van der Waals surface area contributed by atoms with Gasteiger partial charge in [0.25, 0.3) is 0 Å². The Morgan fingerprint density at radius 1 is 1.04 bits per heavy atom. The smallest absolute Gasteiger partial charge is 0.227 e. The van der Waals surface area contributed by atoms with Crippen LogP contribution in [0.2, 0.25) is 0 Å². The summed E-state index contributed by atoms with van der Waals surface area (Å²) in [6.07, 6.45) is 2.20. The average molecular weight is 325 g/mol. The predicted octanol–water partition coefficient (Wildman–Crippen LogP) is 1.69. The predicted molar refractivity (Wildman–Crippen MR) is 93.0 cm³/mol. The summed E-state index contributed by atoms with van der Waals surface area (Å²) < 4.78 is 0. The van der Waals surface area contributed by atoms with E-state index in [1.165, 1.54) is 0 Å². The van der Waals surface area contributed by atoms with Gasteiger partial charge in [-0.15, -0.1) is 0 Å². The van der Waals surface area contributed by atoms with Crippen LogP contribution in [0.1, 0.15) is 22.8 Å². The highest BCUT2D eigenvalue weighted by Crippen LogP contribution is 2.15. The van der Waals surface area contributed by atoms with Gasteiger partial charge in [0.05, 0.1) is 6.42 Å². The van der Waals surface area contributed by atoms with Gasteiger partial charge in [-0.25, -0.2) is 9.97 Å². The number of hydrogen-bond donors (Lipinski definition) is 0. The first kappa shape index (κ1) is 16.4. The van der Waals surface area contributed by atoms with Crippen LogP contribution in [0, 0.1) is 20.8 Å². The second-order valence-corrected chi connectivity index (χ2v) is 6.27. The van der Waals surface area contributed by atoms with Gasteiger partial charge in [0.15, 0.2) is 0 Å². The van der Waals surface area contributed by atoms with E-state index in [9.17, 15) is 4.79 Å². The van der Waals surface area contributed by atoms with Crippen LogP contribution in [0.3, 0.4) is 0 Å². The number of amides is 1. The number of anilines is 1. The van der Waals surface area contributed by atoms with Crippen LogP contribution < -0.4 is 4.90 Å². The summed E-state index contributed by atoms with van der Waals surface area (Å²) in [7, 11) is 0. The molecule has 0 atom stereocenters. The quantitative estimate of drug-likeness (QED) is 0.859. The zero-order valence-corrected chi connectivity index (χ0v) is 14.5. The normalized spacial score (nSPS) is 14.8. The van der Waals surface area contributed by atoms with Crippen molar-refractivity contribution in [3.63, 3.8) is 0 Å². The molecule has 6 heteroatoms. The van der Waals surface area contributed by atoms with Crippen LogP contribution in [-0.4, -0.2) is 51.9 Å². The van der Waals surface area contributed by atoms with Crippen molar-refractivity contribution in [3.05, 3.63) is 47.2 Å². The molecule has 3 heterocycles. The van der Waals surface area contributed by atoms with Gasteiger partial charge in [0.1, 0.15) is 11.6 Å². The monoisotopic (exact) mass is 325 g/mol. The number of carbonyl (C=O) groups is 1. The number of hydrogen-bond acceptors (Lipinski definition) is 5. The van der Waals surface area contributed by atoms with E-state index < -0.39 is 0 Å². The Kier molecular flexibility index (Phi) is 4.74. The average Bonchev–Trinajstić information content (AvgIpc) is 2.56. The number of aryl methyl sites for hydroxylation is 3. The molecule has 2 aromatic heterocycles. The van der Waals surface area contributed by atoms with Gasteiger partial charge >= 0.3 is 0 Å².